The summed E-state index contributed by atoms with van der Waals surface area (Å²) < 4.78 is 86.6. The lowest BCUT2D eigenvalue weighted by molar-refractivity contribution is -0.355. The maximum absolute atomic E-state index is 12.9. The number of nitrogens with one attached hydrogen (secondary N) is 1. The lowest BCUT2D eigenvalue weighted by Crippen LogP contribution is -2.51. The Hall–Kier alpha value is -0.930. The second-order valence-electron chi connectivity index (χ2n) is 4.35. The van der Waals surface area contributed by atoms with E-state index in [-0.39, 0.29) is 5.75 Å². The first-order valence-corrected chi connectivity index (χ1v) is 7.11. The molecule has 0 atom stereocenters. The van der Waals surface area contributed by atoms with Gasteiger partial charge in [0, 0.05) is 12.6 Å². The molecular weight excluding hydrogens is 325 g/mol. The minimum absolute atomic E-state index is 0.0847. The van der Waals surface area contributed by atoms with E-state index in [0.717, 1.165) is 5.56 Å². The number of aromatic amines is 1. The smallest absolute Gasteiger partial charge is 0.285 e. The molecule has 1 rings (SSSR count). The first-order valence-electron chi connectivity index (χ1n) is 5.96. The van der Waals surface area contributed by atoms with Crippen molar-refractivity contribution in [1.29, 1.82) is 0 Å². The van der Waals surface area contributed by atoms with E-state index >= 15 is 0 Å². The van der Waals surface area contributed by atoms with Crippen molar-refractivity contribution in [3.63, 3.8) is 0 Å². The van der Waals surface area contributed by atoms with Gasteiger partial charge >= 0.3 is 18.0 Å². The molecule has 0 aliphatic rings. The summed E-state index contributed by atoms with van der Waals surface area (Å²) in [4.78, 5) is 0. The highest BCUT2D eigenvalue weighted by Crippen LogP contribution is 2.48. The summed E-state index contributed by atoms with van der Waals surface area (Å²) in [7, 11) is 0. The molecule has 0 aliphatic carbocycles. The lowest BCUT2D eigenvalue weighted by atomic mass is 10.1. The Morgan fingerprint density at radius 2 is 1.71 bits per heavy atom. The van der Waals surface area contributed by atoms with Gasteiger partial charge in [-0.1, -0.05) is 0 Å². The molecule has 0 saturated heterocycles. The number of aromatic nitrogens is 2. The molecule has 0 bridgehead atoms. The van der Waals surface area contributed by atoms with Crippen LogP contribution in [-0.4, -0.2) is 39.7 Å². The van der Waals surface area contributed by atoms with Crippen molar-refractivity contribution in [3.05, 3.63) is 18.0 Å². The van der Waals surface area contributed by atoms with Gasteiger partial charge in [-0.05, 0) is 29.9 Å². The van der Waals surface area contributed by atoms with Crippen molar-refractivity contribution >= 4 is 11.8 Å². The normalized spacial score (nSPS) is 13.7. The van der Waals surface area contributed by atoms with Crippen molar-refractivity contribution in [2.24, 2.45) is 0 Å². The van der Waals surface area contributed by atoms with Crippen LogP contribution >= 0.6 is 11.8 Å². The number of alkyl halides is 7. The van der Waals surface area contributed by atoms with Crippen LogP contribution < -0.4 is 0 Å². The number of nitrogens with zero attached hydrogens (tertiary/aromatic N) is 1. The molecule has 0 amide bonds. The Labute approximate surface area is 120 Å². The molecule has 1 N–H and O–H groups in total. The predicted molar refractivity (Wildman–Crippen MR) is 64.8 cm³/mol. The van der Waals surface area contributed by atoms with Crippen LogP contribution in [-0.2, 0) is 6.42 Å². The van der Waals surface area contributed by atoms with E-state index < -0.39 is 30.9 Å². The van der Waals surface area contributed by atoms with E-state index in [1.54, 1.807) is 12.4 Å². The van der Waals surface area contributed by atoms with Gasteiger partial charge in [-0.25, -0.2) is 0 Å². The molecule has 1 aromatic rings. The molecule has 1 aromatic heterocycles. The zero-order chi connectivity index (χ0) is 16.1. The van der Waals surface area contributed by atoms with E-state index in [9.17, 15) is 30.7 Å². The number of H-pyrrole nitrogens is 1. The Morgan fingerprint density at radius 1 is 1.05 bits per heavy atom. The summed E-state index contributed by atoms with van der Waals surface area (Å²) in [5.74, 6) is -10.5. The van der Waals surface area contributed by atoms with Crippen LogP contribution in [0, 0.1) is 0 Å². The summed E-state index contributed by atoms with van der Waals surface area (Å²) in [5.41, 5.74) is 0.899. The van der Waals surface area contributed by atoms with Crippen molar-refractivity contribution < 1.29 is 30.7 Å². The maximum Gasteiger partial charge on any atom is 0.459 e. The molecule has 2 nitrogen and oxygen atoms in total. The van der Waals surface area contributed by atoms with Crippen LogP contribution in [0.2, 0.25) is 0 Å². The van der Waals surface area contributed by atoms with Crippen LogP contribution in [0.4, 0.5) is 30.7 Å². The zero-order valence-electron chi connectivity index (χ0n) is 10.7. The minimum Gasteiger partial charge on any atom is -0.285 e. The van der Waals surface area contributed by atoms with E-state index in [4.69, 9.17) is 0 Å². The van der Waals surface area contributed by atoms with Gasteiger partial charge < -0.3 is 0 Å². The van der Waals surface area contributed by atoms with Crippen molar-refractivity contribution in [2.45, 2.75) is 37.3 Å². The fraction of sp³-hybridized carbons (Fsp3) is 0.727. The summed E-state index contributed by atoms with van der Waals surface area (Å²) in [6.07, 6.45) is -4.33. The van der Waals surface area contributed by atoms with Crippen LogP contribution in [0.3, 0.4) is 0 Å². The second kappa shape index (κ2) is 6.89. The number of aryl methyl sites for hydroxylation is 1. The van der Waals surface area contributed by atoms with E-state index in [1.807, 2.05) is 0 Å². The lowest BCUT2D eigenvalue weighted by Gasteiger charge is -2.28. The van der Waals surface area contributed by atoms with Gasteiger partial charge in [-0.3, -0.25) is 5.10 Å². The van der Waals surface area contributed by atoms with Gasteiger partial charge in [0.25, 0.3) is 0 Å². The SMILES string of the molecule is FC(F)(F)C(F)(F)C(F)(F)CCCSCCc1cn[nH]c1. The van der Waals surface area contributed by atoms with Crippen LogP contribution in [0.25, 0.3) is 0 Å². The topological polar surface area (TPSA) is 28.7 Å². The van der Waals surface area contributed by atoms with Crippen LogP contribution in [0.5, 0.6) is 0 Å². The summed E-state index contributed by atoms with van der Waals surface area (Å²) in [5, 5.41) is 6.28. The molecule has 122 valence electrons. The second-order valence-corrected chi connectivity index (χ2v) is 5.57. The Bertz CT molecular complexity index is 417. The highest BCUT2D eigenvalue weighted by Gasteiger charge is 2.72. The molecule has 21 heavy (non-hydrogen) atoms. The Morgan fingerprint density at radius 3 is 2.24 bits per heavy atom. The van der Waals surface area contributed by atoms with Gasteiger partial charge in [-0.2, -0.15) is 47.6 Å². The highest BCUT2D eigenvalue weighted by atomic mass is 32.2. The Balaban J connectivity index is 2.27. The van der Waals surface area contributed by atoms with Crippen molar-refractivity contribution in [2.75, 3.05) is 11.5 Å². The third-order valence-electron chi connectivity index (χ3n) is 2.68. The average molecular weight is 338 g/mol. The van der Waals surface area contributed by atoms with Gasteiger partial charge in [0.05, 0.1) is 6.20 Å². The van der Waals surface area contributed by atoms with E-state index in [0.29, 0.717) is 12.2 Å². The number of rotatable bonds is 8. The third kappa shape index (κ3) is 4.79. The number of thioether (sulfide) groups is 1. The van der Waals surface area contributed by atoms with Gasteiger partial charge in [0.2, 0.25) is 0 Å². The van der Waals surface area contributed by atoms with Crippen LogP contribution in [0.15, 0.2) is 12.4 Å². The van der Waals surface area contributed by atoms with Gasteiger partial charge in [-0.15, -0.1) is 0 Å². The third-order valence-corrected chi connectivity index (χ3v) is 3.75. The fourth-order valence-electron chi connectivity index (χ4n) is 1.47. The molecule has 0 aromatic carbocycles. The largest absolute Gasteiger partial charge is 0.459 e. The predicted octanol–water partition coefficient (Wildman–Crippen LogP) is 4.30. The average Bonchev–Trinajstić information content (AvgIpc) is 2.85. The Kier molecular flexibility index (Phi) is 5.94. The first kappa shape index (κ1) is 18.1. The van der Waals surface area contributed by atoms with E-state index in [1.165, 1.54) is 11.8 Å². The first-order chi connectivity index (χ1) is 9.58. The van der Waals surface area contributed by atoms with E-state index in [2.05, 4.69) is 10.2 Å². The number of hydrogen-bond donors (Lipinski definition) is 1. The summed E-state index contributed by atoms with van der Waals surface area (Å²) in [6.45, 7) is 0. The molecule has 0 spiro atoms. The minimum atomic E-state index is -6.25. The number of halogens is 7. The molecule has 1 heterocycles. The molecule has 0 saturated carbocycles. The molecule has 0 radical (unpaired) electrons. The molecule has 0 unspecified atom stereocenters. The highest BCUT2D eigenvalue weighted by molar-refractivity contribution is 7.99. The maximum atomic E-state index is 12.9. The summed E-state index contributed by atoms with van der Waals surface area (Å²) >= 11 is 1.21. The molecule has 0 aliphatic heterocycles. The fourth-order valence-corrected chi connectivity index (χ4v) is 2.40. The van der Waals surface area contributed by atoms with Gasteiger partial charge in [0.1, 0.15) is 0 Å². The van der Waals surface area contributed by atoms with Crippen LogP contribution in [0.1, 0.15) is 18.4 Å². The quantitative estimate of drug-likeness (QED) is 0.566. The standard InChI is InChI=1S/C11H13F7N2S/c12-9(13,10(14,15)11(16,17)18)3-1-4-21-5-2-8-6-19-20-7-8/h6-7H,1-5H2,(H,19,20). The molecular formula is C11H13F7N2S. The summed E-state index contributed by atoms with van der Waals surface area (Å²) in [6, 6.07) is 0. The molecule has 10 heteroatoms. The number of hydrogen-bond acceptors (Lipinski definition) is 2. The van der Waals surface area contributed by atoms with Crippen molar-refractivity contribution in [3.8, 4) is 0 Å². The molecule has 0 fully saturated rings. The van der Waals surface area contributed by atoms with Crippen molar-refractivity contribution in [1.82, 2.24) is 10.2 Å². The zero-order valence-corrected chi connectivity index (χ0v) is 11.5. The monoisotopic (exact) mass is 338 g/mol. The van der Waals surface area contributed by atoms with Gasteiger partial charge in [0.15, 0.2) is 0 Å².